The summed E-state index contributed by atoms with van der Waals surface area (Å²) in [5.41, 5.74) is 0. The highest BCUT2D eigenvalue weighted by Gasteiger charge is 2.56. The van der Waals surface area contributed by atoms with Crippen LogP contribution in [0.2, 0.25) is 0 Å². The Bertz CT molecular complexity index is 182. The standard InChI is InChI=1S/C12H26O2P/c1-9(2)7-15(8-10(3)4)11(13)5-6-12(15)14/h9-14H,5-8H2,1-4H3/q+1. The van der Waals surface area contributed by atoms with Crippen molar-refractivity contribution in [2.75, 3.05) is 12.3 Å². The Kier molecular flexibility index (Phi) is 4.58. The fourth-order valence-electron chi connectivity index (χ4n) is 2.93. The van der Waals surface area contributed by atoms with Gasteiger partial charge in [-0.3, -0.25) is 0 Å². The molecule has 0 aromatic heterocycles. The molecule has 1 aliphatic rings. The van der Waals surface area contributed by atoms with Crippen molar-refractivity contribution in [2.45, 2.75) is 52.2 Å². The Labute approximate surface area is 94.4 Å². The first-order valence-electron chi connectivity index (χ1n) is 6.11. The van der Waals surface area contributed by atoms with Gasteiger partial charge in [0, 0.05) is 12.8 Å². The van der Waals surface area contributed by atoms with Gasteiger partial charge in [-0.1, -0.05) is 27.7 Å². The molecule has 0 aromatic rings. The predicted molar refractivity (Wildman–Crippen MR) is 67.6 cm³/mol. The van der Waals surface area contributed by atoms with Crippen LogP contribution in [0, 0.1) is 11.8 Å². The number of aliphatic hydroxyl groups is 2. The summed E-state index contributed by atoms with van der Waals surface area (Å²) in [5, 5.41) is 20.4. The van der Waals surface area contributed by atoms with Crippen molar-refractivity contribution in [3.63, 3.8) is 0 Å². The molecular weight excluding hydrogens is 207 g/mol. The molecule has 90 valence electrons. The maximum absolute atomic E-state index is 10.2. The van der Waals surface area contributed by atoms with E-state index < -0.39 is 7.26 Å². The second kappa shape index (κ2) is 5.12. The Morgan fingerprint density at radius 2 is 1.27 bits per heavy atom. The third-order valence-electron chi connectivity index (χ3n) is 3.28. The molecule has 0 bridgehead atoms. The number of hydrogen-bond acceptors (Lipinski definition) is 2. The number of aliphatic hydroxyl groups excluding tert-OH is 2. The SMILES string of the molecule is CC(C)C[P+]1(CC(C)C)C(O)CCC1O. The summed E-state index contributed by atoms with van der Waals surface area (Å²) in [7, 11) is -1.53. The van der Waals surface area contributed by atoms with Gasteiger partial charge in [0.15, 0.2) is 11.7 Å². The van der Waals surface area contributed by atoms with Gasteiger partial charge in [0.25, 0.3) is 0 Å². The number of hydrogen-bond donors (Lipinski definition) is 2. The van der Waals surface area contributed by atoms with Crippen molar-refractivity contribution in [1.29, 1.82) is 0 Å². The van der Waals surface area contributed by atoms with E-state index in [2.05, 4.69) is 27.7 Å². The first-order chi connectivity index (χ1) is 6.88. The minimum absolute atomic E-state index is 0.197. The van der Waals surface area contributed by atoms with E-state index in [1.165, 1.54) is 0 Å². The van der Waals surface area contributed by atoms with Crippen LogP contribution in [0.15, 0.2) is 0 Å². The maximum atomic E-state index is 10.2. The molecule has 15 heavy (non-hydrogen) atoms. The molecule has 1 saturated heterocycles. The summed E-state index contributed by atoms with van der Waals surface area (Å²) < 4.78 is 0. The summed E-state index contributed by atoms with van der Waals surface area (Å²) in [6.45, 7) is 8.78. The molecule has 2 atom stereocenters. The van der Waals surface area contributed by atoms with E-state index in [-0.39, 0.29) is 11.7 Å². The van der Waals surface area contributed by atoms with Crippen LogP contribution in [-0.2, 0) is 0 Å². The van der Waals surface area contributed by atoms with E-state index in [1.807, 2.05) is 0 Å². The van der Waals surface area contributed by atoms with Gasteiger partial charge in [-0.15, -0.1) is 0 Å². The molecule has 1 rings (SSSR count). The van der Waals surface area contributed by atoms with E-state index in [9.17, 15) is 10.2 Å². The van der Waals surface area contributed by atoms with E-state index in [1.54, 1.807) is 0 Å². The van der Waals surface area contributed by atoms with Gasteiger partial charge in [-0.2, -0.15) is 0 Å². The summed E-state index contributed by atoms with van der Waals surface area (Å²) in [6.07, 6.45) is 3.73. The van der Waals surface area contributed by atoms with Gasteiger partial charge in [-0.05, 0) is 11.8 Å². The maximum Gasteiger partial charge on any atom is 0.166 e. The van der Waals surface area contributed by atoms with Gasteiger partial charge in [0.05, 0.1) is 19.6 Å². The van der Waals surface area contributed by atoms with Crippen LogP contribution >= 0.6 is 7.26 Å². The van der Waals surface area contributed by atoms with Crippen molar-refractivity contribution < 1.29 is 10.2 Å². The molecule has 2 N–H and O–H groups in total. The first-order valence-corrected chi connectivity index (χ1v) is 8.41. The highest BCUT2D eigenvalue weighted by molar-refractivity contribution is 7.77. The number of rotatable bonds is 4. The lowest BCUT2D eigenvalue weighted by Crippen LogP contribution is -2.25. The van der Waals surface area contributed by atoms with E-state index >= 15 is 0 Å². The Morgan fingerprint density at radius 1 is 0.933 bits per heavy atom. The molecule has 1 heterocycles. The topological polar surface area (TPSA) is 40.5 Å². The highest BCUT2D eigenvalue weighted by atomic mass is 31.2. The van der Waals surface area contributed by atoms with E-state index in [0.717, 1.165) is 25.2 Å². The lowest BCUT2D eigenvalue weighted by Gasteiger charge is -2.31. The zero-order valence-electron chi connectivity index (χ0n) is 10.5. The lowest BCUT2D eigenvalue weighted by molar-refractivity contribution is 0.237. The molecule has 1 aliphatic heterocycles. The van der Waals surface area contributed by atoms with Gasteiger partial charge < -0.3 is 10.2 Å². The third-order valence-corrected chi connectivity index (χ3v) is 8.99. The van der Waals surface area contributed by atoms with Crippen molar-refractivity contribution >= 4 is 7.26 Å². The highest BCUT2D eigenvalue weighted by Crippen LogP contribution is 2.72. The molecule has 2 unspecified atom stereocenters. The van der Waals surface area contributed by atoms with Crippen LogP contribution in [0.1, 0.15) is 40.5 Å². The minimum Gasteiger partial charge on any atom is -0.359 e. The smallest absolute Gasteiger partial charge is 0.166 e. The Morgan fingerprint density at radius 3 is 1.53 bits per heavy atom. The van der Waals surface area contributed by atoms with E-state index in [0.29, 0.717) is 11.8 Å². The van der Waals surface area contributed by atoms with Gasteiger partial charge >= 0.3 is 0 Å². The zero-order chi connectivity index (χ0) is 11.6. The van der Waals surface area contributed by atoms with Crippen molar-refractivity contribution in [3.8, 4) is 0 Å². The van der Waals surface area contributed by atoms with Crippen LogP contribution < -0.4 is 0 Å². The summed E-state index contributed by atoms with van der Waals surface area (Å²) in [6, 6.07) is 0. The lowest BCUT2D eigenvalue weighted by atomic mass is 10.3. The first kappa shape index (κ1) is 13.4. The van der Waals surface area contributed by atoms with Gasteiger partial charge in [0.1, 0.15) is 0 Å². The molecule has 0 saturated carbocycles. The van der Waals surface area contributed by atoms with Gasteiger partial charge in [-0.25, -0.2) is 0 Å². The van der Waals surface area contributed by atoms with E-state index in [4.69, 9.17) is 0 Å². The molecule has 0 amide bonds. The van der Waals surface area contributed by atoms with Crippen LogP contribution in [0.3, 0.4) is 0 Å². The van der Waals surface area contributed by atoms with Crippen molar-refractivity contribution in [3.05, 3.63) is 0 Å². The fraction of sp³-hybridized carbons (Fsp3) is 1.00. The summed E-state index contributed by atoms with van der Waals surface area (Å²) in [5.74, 6) is 0.772. The Balaban J connectivity index is 2.83. The zero-order valence-corrected chi connectivity index (χ0v) is 11.4. The quantitative estimate of drug-likeness (QED) is 0.733. The fourth-order valence-corrected chi connectivity index (χ4v) is 8.50. The van der Waals surface area contributed by atoms with Crippen LogP contribution in [0.5, 0.6) is 0 Å². The molecule has 0 spiro atoms. The molecule has 0 aromatic carbocycles. The molecule has 0 aliphatic carbocycles. The monoisotopic (exact) mass is 233 g/mol. The second-order valence-corrected chi connectivity index (χ2v) is 9.92. The average molecular weight is 233 g/mol. The molecule has 3 heteroatoms. The van der Waals surface area contributed by atoms with Crippen LogP contribution in [-0.4, -0.2) is 34.2 Å². The van der Waals surface area contributed by atoms with Crippen LogP contribution in [0.4, 0.5) is 0 Å². The molecule has 2 nitrogen and oxygen atoms in total. The normalized spacial score (nSPS) is 30.4. The van der Waals surface area contributed by atoms with Crippen LogP contribution in [0.25, 0.3) is 0 Å². The minimum atomic E-state index is -1.53. The largest absolute Gasteiger partial charge is 0.359 e. The summed E-state index contributed by atoms with van der Waals surface area (Å²) in [4.78, 5) is 0. The Hall–Kier alpha value is 0.350. The van der Waals surface area contributed by atoms with Gasteiger partial charge in [0.2, 0.25) is 0 Å². The van der Waals surface area contributed by atoms with Crippen molar-refractivity contribution in [2.24, 2.45) is 11.8 Å². The molecular formula is C12H26O2P+. The second-order valence-electron chi connectivity index (χ2n) is 5.79. The molecule has 1 fully saturated rings. The third kappa shape index (κ3) is 2.93. The average Bonchev–Trinajstić information content (AvgIpc) is 2.31. The predicted octanol–water partition coefficient (Wildman–Crippen LogP) is 2.75. The summed E-state index contributed by atoms with van der Waals surface area (Å²) >= 11 is 0. The van der Waals surface area contributed by atoms with Crippen molar-refractivity contribution in [1.82, 2.24) is 0 Å². The molecule has 0 radical (unpaired) electrons.